The zero-order valence-electron chi connectivity index (χ0n) is 20.5. The van der Waals surface area contributed by atoms with Crippen LogP contribution in [0, 0.1) is 6.92 Å². The topological polar surface area (TPSA) is 67.9 Å². The van der Waals surface area contributed by atoms with Crippen molar-refractivity contribution in [2.24, 2.45) is 0 Å². The number of thiocarbonyl (C=S) groups is 1. The Balaban J connectivity index is 1.59. The molecule has 4 rings (SSSR count). The third-order valence-corrected chi connectivity index (χ3v) is 6.08. The van der Waals surface area contributed by atoms with Crippen molar-refractivity contribution in [3.05, 3.63) is 94.6 Å². The van der Waals surface area contributed by atoms with Crippen LogP contribution in [-0.4, -0.2) is 23.5 Å². The molecule has 0 aliphatic carbocycles. The number of rotatable bonds is 8. The number of aryl methyl sites for hydroxylation is 2. The molecule has 0 radical (unpaired) electrons. The first-order chi connectivity index (χ1) is 17.4. The highest BCUT2D eigenvalue weighted by atomic mass is 32.1. The predicted molar refractivity (Wildman–Crippen MR) is 145 cm³/mol. The minimum Gasteiger partial charge on any atom is -0.490 e. The van der Waals surface area contributed by atoms with Crippen molar-refractivity contribution in [2.45, 2.75) is 33.8 Å². The van der Waals surface area contributed by atoms with Crippen LogP contribution in [0.4, 0.5) is 5.69 Å². The number of anilines is 1. The maximum absolute atomic E-state index is 13.3. The van der Waals surface area contributed by atoms with Crippen LogP contribution in [0.5, 0.6) is 11.5 Å². The van der Waals surface area contributed by atoms with Gasteiger partial charge in [0.25, 0.3) is 11.8 Å². The van der Waals surface area contributed by atoms with Crippen molar-refractivity contribution in [2.75, 3.05) is 11.5 Å². The average Bonchev–Trinajstić information content (AvgIpc) is 2.87. The van der Waals surface area contributed by atoms with E-state index in [1.54, 1.807) is 24.3 Å². The molecule has 6 nitrogen and oxygen atoms in total. The molecule has 0 spiro atoms. The van der Waals surface area contributed by atoms with Crippen LogP contribution in [0.1, 0.15) is 36.1 Å². The Hall–Kier alpha value is -3.97. The van der Waals surface area contributed by atoms with Gasteiger partial charge in [-0.2, -0.15) is 0 Å². The summed E-state index contributed by atoms with van der Waals surface area (Å²) < 4.78 is 11.8. The minimum atomic E-state index is -0.538. The van der Waals surface area contributed by atoms with Gasteiger partial charge < -0.3 is 9.47 Å². The molecule has 0 unspecified atom stereocenters. The van der Waals surface area contributed by atoms with Crippen molar-refractivity contribution in [1.29, 1.82) is 0 Å². The number of benzene rings is 3. The fraction of sp³-hybridized carbons (Fsp3) is 0.207. The maximum Gasteiger partial charge on any atom is 0.270 e. The number of nitrogens with one attached hydrogen (secondary N) is 1. The molecule has 0 aromatic heterocycles. The normalized spacial score (nSPS) is 14.7. The summed E-state index contributed by atoms with van der Waals surface area (Å²) in [5.74, 6) is 0.0951. The largest absolute Gasteiger partial charge is 0.490 e. The molecule has 7 heteroatoms. The van der Waals surface area contributed by atoms with Gasteiger partial charge in [-0.05, 0) is 79.5 Å². The highest BCUT2D eigenvalue weighted by molar-refractivity contribution is 7.80. The van der Waals surface area contributed by atoms with Gasteiger partial charge in [-0.25, -0.2) is 0 Å². The predicted octanol–water partition coefficient (Wildman–Crippen LogP) is 5.37. The Bertz CT molecular complexity index is 1310. The molecular weight excluding hydrogens is 472 g/mol. The first kappa shape index (κ1) is 25.1. The Morgan fingerprint density at radius 2 is 1.58 bits per heavy atom. The summed E-state index contributed by atoms with van der Waals surface area (Å²) in [6.07, 6.45) is 2.42. The van der Waals surface area contributed by atoms with Crippen LogP contribution in [0.2, 0.25) is 0 Å². The van der Waals surface area contributed by atoms with Crippen molar-refractivity contribution in [1.82, 2.24) is 5.32 Å². The second-order valence-corrected chi connectivity index (χ2v) is 8.78. The molecule has 2 amide bonds. The molecule has 3 aromatic rings. The quantitative estimate of drug-likeness (QED) is 0.256. The monoisotopic (exact) mass is 500 g/mol. The molecular formula is C29H28N2O4S. The summed E-state index contributed by atoms with van der Waals surface area (Å²) in [6.45, 7) is 6.82. The first-order valence-electron chi connectivity index (χ1n) is 11.8. The lowest BCUT2D eigenvalue weighted by molar-refractivity contribution is -0.122. The van der Waals surface area contributed by atoms with Crippen LogP contribution >= 0.6 is 12.2 Å². The number of carbonyl (C=O) groups is 2. The Morgan fingerprint density at radius 1 is 0.889 bits per heavy atom. The molecule has 184 valence electrons. The Labute approximate surface area is 216 Å². The fourth-order valence-corrected chi connectivity index (χ4v) is 4.07. The smallest absolute Gasteiger partial charge is 0.270 e. The zero-order valence-corrected chi connectivity index (χ0v) is 21.4. The van der Waals surface area contributed by atoms with E-state index >= 15 is 0 Å². The first-order valence-corrected chi connectivity index (χ1v) is 12.3. The number of hydrogen-bond acceptors (Lipinski definition) is 5. The van der Waals surface area contributed by atoms with Gasteiger partial charge >= 0.3 is 0 Å². The summed E-state index contributed by atoms with van der Waals surface area (Å²) >= 11 is 5.30. The number of nitrogens with zero attached hydrogens (tertiary/aromatic N) is 1. The molecule has 0 bridgehead atoms. The highest BCUT2D eigenvalue weighted by Gasteiger charge is 2.34. The second kappa shape index (κ2) is 11.2. The van der Waals surface area contributed by atoms with Gasteiger partial charge in [-0.1, -0.05) is 55.0 Å². The summed E-state index contributed by atoms with van der Waals surface area (Å²) in [5.41, 5.74) is 4.59. The highest BCUT2D eigenvalue weighted by Crippen LogP contribution is 2.31. The van der Waals surface area contributed by atoms with Crippen LogP contribution in [-0.2, 0) is 22.6 Å². The van der Waals surface area contributed by atoms with Crippen molar-refractivity contribution >= 4 is 40.9 Å². The van der Waals surface area contributed by atoms with Crippen LogP contribution in [0.3, 0.4) is 0 Å². The lowest BCUT2D eigenvalue weighted by atomic mass is 10.1. The van der Waals surface area contributed by atoms with E-state index in [1.807, 2.05) is 62.4 Å². The van der Waals surface area contributed by atoms with Crippen molar-refractivity contribution < 1.29 is 19.1 Å². The summed E-state index contributed by atoms with van der Waals surface area (Å²) in [4.78, 5) is 27.3. The van der Waals surface area contributed by atoms with Gasteiger partial charge in [0.1, 0.15) is 12.2 Å². The standard InChI is InChI=1S/C29H28N2O4S/c1-4-20-10-13-23(14-11-20)31-28(33)24(27(32)30-29(31)36)16-22-12-15-25(26(17-22)34-5-2)35-18-21-8-6-19(3)7-9-21/h6-17H,4-5,18H2,1-3H3,(H,30,32,36)/b24-16+. The van der Waals surface area contributed by atoms with E-state index in [4.69, 9.17) is 21.7 Å². The number of hydrogen-bond donors (Lipinski definition) is 1. The van der Waals surface area contributed by atoms with E-state index in [9.17, 15) is 9.59 Å². The van der Waals surface area contributed by atoms with E-state index in [0.717, 1.165) is 17.5 Å². The lowest BCUT2D eigenvalue weighted by Crippen LogP contribution is -2.54. The van der Waals surface area contributed by atoms with Gasteiger partial charge in [0.15, 0.2) is 16.6 Å². The molecule has 0 atom stereocenters. The van der Waals surface area contributed by atoms with Crippen LogP contribution in [0.25, 0.3) is 6.08 Å². The Morgan fingerprint density at radius 3 is 2.25 bits per heavy atom. The summed E-state index contributed by atoms with van der Waals surface area (Å²) in [7, 11) is 0. The third-order valence-electron chi connectivity index (χ3n) is 5.80. The summed E-state index contributed by atoms with van der Waals surface area (Å²) in [6, 6.07) is 21.0. The van der Waals surface area contributed by atoms with Gasteiger partial charge in [-0.3, -0.25) is 19.8 Å². The average molecular weight is 501 g/mol. The SMILES string of the molecule is CCOc1cc(/C=C2\C(=O)NC(=S)N(c3ccc(CC)cc3)C2=O)ccc1OCc1ccc(C)cc1. The van der Waals surface area contributed by atoms with Gasteiger partial charge in [0.05, 0.1) is 12.3 Å². The van der Waals surface area contributed by atoms with E-state index < -0.39 is 11.8 Å². The van der Waals surface area contributed by atoms with Crippen LogP contribution in [0.15, 0.2) is 72.3 Å². The number of ether oxygens (including phenoxy) is 2. The Kier molecular flexibility index (Phi) is 7.80. The molecule has 36 heavy (non-hydrogen) atoms. The lowest BCUT2D eigenvalue weighted by Gasteiger charge is -2.29. The van der Waals surface area contributed by atoms with Crippen molar-refractivity contribution in [3.8, 4) is 11.5 Å². The molecule has 1 N–H and O–H groups in total. The molecule has 1 fully saturated rings. The van der Waals surface area contributed by atoms with Gasteiger partial charge in [-0.15, -0.1) is 0 Å². The van der Waals surface area contributed by atoms with E-state index in [-0.39, 0.29) is 10.7 Å². The second-order valence-electron chi connectivity index (χ2n) is 8.39. The molecule has 1 heterocycles. The molecule has 0 saturated carbocycles. The summed E-state index contributed by atoms with van der Waals surface area (Å²) in [5, 5.41) is 2.68. The molecule has 1 aliphatic rings. The van der Waals surface area contributed by atoms with E-state index in [0.29, 0.717) is 36.0 Å². The molecule has 3 aromatic carbocycles. The third kappa shape index (κ3) is 5.63. The fourth-order valence-electron chi connectivity index (χ4n) is 3.79. The molecule has 1 aliphatic heterocycles. The van der Waals surface area contributed by atoms with Gasteiger partial charge in [0, 0.05) is 0 Å². The zero-order chi connectivity index (χ0) is 25.7. The molecule has 1 saturated heterocycles. The van der Waals surface area contributed by atoms with Gasteiger partial charge in [0.2, 0.25) is 0 Å². The maximum atomic E-state index is 13.3. The number of amides is 2. The minimum absolute atomic E-state index is 0.0149. The van der Waals surface area contributed by atoms with Crippen LogP contribution < -0.4 is 19.7 Å². The number of carbonyl (C=O) groups excluding carboxylic acids is 2. The van der Waals surface area contributed by atoms with E-state index in [2.05, 4.69) is 12.2 Å². The van der Waals surface area contributed by atoms with E-state index in [1.165, 1.54) is 10.5 Å². The van der Waals surface area contributed by atoms with Crippen molar-refractivity contribution in [3.63, 3.8) is 0 Å².